The van der Waals surface area contributed by atoms with Gasteiger partial charge in [0.15, 0.2) is 0 Å². The van der Waals surface area contributed by atoms with E-state index >= 15 is 0 Å². The number of rotatable bonds is 0. The summed E-state index contributed by atoms with van der Waals surface area (Å²) in [7, 11) is 0. The molecule has 0 aromatic carbocycles. The molecule has 8 heavy (non-hydrogen) atoms. The predicted molar refractivity (Wildman–Crippen MR) is 34.6 cm³/mol. The SMILES string of the molecule is C=C1C=C2CCC1C2. The van der Waals surface area contributed by atoms with Crippen LogP contribution < -0.4 is 0 Å². The number of hydrogen-bond acceptors (Lipinski definition) is 0. The van der Waals surface area contributed by atoms with E-state index in [0.29, 0.717) is 0 Å². The fraction of sp³-hybridized carbons (Fsp3) is 0.500. The molecule has 1 atom stereocenters. The van der Waals surface area contributed by atoms with E-state index < -0.39 is 0 Å². The third-order valence-corrected chi connectivity index (χ3v) is 2.24. The Bertz CT molecular complexity index is 163. The zero-order valence-corrected chi connectivity index (χ0v) is 4.98. The van der Waals surface area contributed by atoms with Crippen LogP contribution in [-0.4, -0.2) is 0 Å². The third kappa shape index (κ3) is 0.405. The lowest BCUT2D eigenvalue weighted by Gasteiger charge is -2.03. The molecule has 2 aliphatic carbocycles. The molecule has 2 bridgehead atoms. The molecular formula is C8H10. The maximum absolute atomic E-state index is 3.96. The van der Waals surface area contributed by atoms with Crippen molar-refractivity contribution >= 4 is 0 Å². The Morgan fingerprint density at radius 2 is 2.50 bits per heavy atom. The molecular weight excluding hydrogens is 96.1 g/mol. The summed E-state index contributed by atoms with van der Waals surface area (Å²) < 4.78 is 0. The average molecular weight is 106 g/mol. The van der Waals surface area contributed by atoms with Crippen molar-refractivity contribution in [1.82, 2.24) is 0 Å². The fourth-order valence-corrected chi connectivity index (χ4v) is 1.71. The van der Waals surface area contributed by atoms with Gasteiger partial charge in [-0.25, -0.2) is 0 Å². The molecule has 0 heterocycles. The molecule has 42 valence electrons. The number of fused-ring (bicyclic) bond motifs is 2. The van der Waals surface area contributed by atoms with Crippen molar-refractivity contribution in [2.45, 2.75) is 19.3 Å². The Kier molecular flexibility index (Phi) is 0.682. The van der Waals surface area contributed by atoms with Crippen molar-refractivity contribution in [1.29, 1.82) is 0 Å². The molecule has 1 fully saturated rings. The largest absolute Gasteiger partial charge is 0.0955 e. The quantitative estimate of drug-likeness (QED) is 0.444. The highest BCUT2D eigenvalue weighted by atomic mass is 14.3. The van der Waals surface area contributed by atoms with Crippen molar-refractivity contribution in [3.8, 4) is 0 Å². The van der Waals surface area contributed by atoms with Crippen molar-refractivity contribution in [3.63, 3.8) is 0 Å². The molecule has 2 aliphatic rings. The van der Waals surface area contributed by atoms with Crippen LogP contribution in [-0.2, 0) is 0 Å². The lowest BCUT2D eigenvalue weighted by molar-refractivity contribution is 0.675. The van der Waals surface area contributed by atoms with E-state index in [4.69, 9.17) is 0 Å². The lowest BCUT2D eigenvalue weighted by Crippen LogP contribution is -1.90. The van der Waals surface area contributed by atoms with Gasteiger partial charge < -0.3 is 0 Å². The van der Waals surface area contributed by atoms with Crippen molar-refractivity contribution < 1.29 is 0 Å². The highest BCUT2D eigenvalue weighted by Gasteiger charge is 2.26. The van der Waals surface area contributed by atoms with Crippen LogP contribution in [0.25, 0.3) is 0 Å². The van der Waals surface area contributed by atoms with Crippen LogP contribution in [0.15, 0.2) is 23.8 Å². The number of allylic oxidation sites excluding steroid dienone is 3. The number of hydrogen-bond donors (Lipinski definition) is 0. The molecule has 1 unspecified atom stereocenters. The molecule has 0 N–H and O–H groups in total. The van der Waals surface area contributed by atoms with Gasteiger partial charge >= 0.3 is 0 Å². The van der Waals surface area contributed by atoms with E-state index in [1.807, 2.05) is 0 Å². The van der Waals surface area contributed by atoms with Crippen LogP contribution in [0.4, 0.5) is 0 Å². The van der Waals surface area contributed by atoms with E-state index in [0.717, 1.165) is 5.92 Å². The minimum Gasteiger partial charge on any atom is -0.0955 e. The maximum atomic E-state index is 3.96. The monoisotopic (exact) mass is 106 g/mol. The zero-order chi connectivity index (χ0) is 5.56. The standard InChI is InChI=1S/C8H10/c1-6-4-7-2-3-8(6)5-7/h4,8H,1-3,5H2. The van der Waals surface area contributed by atoms with Crippen LogP contribution >= 0.6 is 0 Å². The molecule has 0 aliphatic heterocycles. The Morgan fingerprint density at radius 3 is 2.75 bits per heavy atom. The molecule has 0 aromatic rings. The van der Waals surface area contributed by atoms with Gasteiger partial charge in [0.25, 0.3) is 0 Å². The third-order valence-electron chi connectivity index (χ3n) is 2.24. The summed E-state index contributed by atoms with van der Waals surface area (Å²) in [4.78, 5) is 0. The molecule has 0 spiro atoms. The predicted octanol–water partition coefficient (Wildman–Crippen LogP) is 2.28. The first-order valence-corrected chi connectivity index (χ1v) is 3.24. The van der Waals surface area contributed by atoms with E-state index in [2.05, 4.69) is 12.7 Å². The van der Waals surface area contributed by atoms with Gasteiger partial charge in [0, 0.05) is 0 Å². The van der Waals surface area contributed by atoms with Crippen LogP contribution in [0.2, 0.25) is 0 Å². The molecule has 0 radical (unpaired) electrons. The van der Waals surface area contributed by atoms with E-state index in [9.17, 15) is 0 Å². The Balaban J connectivity index is 2.41. The summed E-state index contributed by atoms with van der Waals surface area (Å²) in [6, 6.07) is 0. The molecule has 1 saturated carbocycles. The smallest absolute Gasteiger partial charge is 0.0127 e. The molecule has 2 rings (SSSR count). The molecule has 0 aromatic heterocycles. The van der Waals surface area contributed by atoms with Gasteiger partial charge in [-0.2, -0.15) is 0 Å². The molecule has 0 heteroatoms. The van der Waals surface area contributed by atoms with Crippen LogP contribution in [0, 0.1) is 5.92 Å². The second kappa shape index (κ2) is 1.25. The normalized spacial score (nSPS) is 33.8. The first kappa shape index (κ1) is 4.37. The van der Waals surface area contributed by atoms with E-state index in [1.54, 1.807) is 5.57 Å². The minimum absolute atomic E-state index is 0.852. The molecule has 0 nitrogen and oxygen atoms in total. The lowest BCUT2D eigenvalue weighted by atomic mass is 10.0. The van der Waals surface area contributed by atoms with Crippen LogP contribution in [0.1, 0.15) is 19.3 Å². The highest BCUT2D eigenvalue weighted by molar-refractivity contribution is 5.35. The zero-order valence-electron chi connectivity index (χ0n) is 4.98. The van der Waals surface area contributed by atoms with Gasteiger partial charge in [-0.1, -0.05) is 23.8 Å². The topological polar surface area (TPSA) is 0 Å². The van der Waals surface area contributed by atoms with Crippen molar-refractivity contribution in [3.05, 3.63) is 23.8 Å². The van der Waals surface area contributed by atoms with E-state index in [-0.39, 0.29) is 0 Å². The first-order valence-electron chi connectivity index (χ1n) is 3.24. The Morgan fingerprint density at radius 1 is 1.62 bits per heavy atom. The highest BCUT2D eigenvalue weighted by Crippen LogP contribution is 2.41. The second-order valence-corrected chi connectivity index (χ2v) is 2.82. The maximum Gasteiger partial charge on any atom is -0.0127 e. The Hall–Kier alpha value is -0.520. The van der Waals surface area contributed by atoms with Gasteiger partial charge in [-0.3, -0.25) is 0 Å². The molecule has 0 amide bonds. The van der Waals surface area contributed by atoms with Crippen molar-refractivity contribution in [2.24, 2.45) is 5.92 Å². The summed E-state index contributed by atoms with van der Waals surface area (Å²) in [6.45, 7) is 3.96. The van der Waals surface area contributed by atoms with Gasteiger partial charge in [0.1, 0.15) is 0 Å². The van der Waals surface area contributed by atoms with E-state index in [1.165, 1.54) is 24.8 Å². The second-order valence-electron chi connectivity index (χ2n) is 2.82. The minimum atomic E-state index is 0.852. The summed E-state index contributed by atoms with van der Waals surface area (Å²) >= 11 is 0. The molecule has 0 saturated heterocycles. The van der Waals surface area contributed by atoms with Gasteiger partial charge in [0.05, 0.1) is 0 Å². The average Bonchev–Trinajstić information content (AvgIpc) is 2.23. The summed E-state index contributed by atoms with van der Waals surface area (Å²) in [6.07, 6.45) is 6.33. The first-order chi connectivity index (χ1) is 3.86. The fourth-order valence-electron chi connectivity index (χ4n) is 1.71. The summed E-state index contributed by atoms with van der Waals surface area (Å²) in [5, 5.41) is 0. The van der Waals surface area contributed by atoms with Gasteiger partial charge in [-0.05, 0) is 25.2 Å². The van der Waals surface area contributed by atoms with Crippen molar-refractivity contribution in [2.75, 3.05) is 0 Å². The summed E-state index contributed by atoms with van der Waals surface area (Å²) in [5.41, 5.74) is 3.02. The van der Waals surface area contributed by atoms with Crippen LogP contribution in [0.3, 0.4) is 0 Å². The summed E-state index contributed by atoms with van der Waals surface area (Å²) in [5.74, 6) is 0.852. The van der Waals surface area contributed by atoms with Crippen LogP contribution in [0.5, 0.6) is 0 Å². The van der Waals surface area contributed by atoms with Gasteiger partial charge in [0.2, 0.25) is 0 Å². The Labute approximate surface area is 49.9 Å². The van der Waals surface area contributed by atoms with Gasteiger partial charge in [-0.15, -0.1) is 0 Å².